The lowest BCUT2D eigenvalue weighted by Crippen LogP contribution is -2.05. The second-order valence-corrected chi connectivity index (χ2v) is 15.1. The number of allylic oxidation sites excluding steroid dienone is 4. The van der Waals surface area contributed by atoms with Crippen molar-refractivity contribution in [2.24, 2.45) is 0 Å². The molecule has 272 valence electrons. The fourth-order valence-corrected chi connectivity index (χ4v) is 8.82. The van der Waals surface area contributed by atoms with Gasteiger partial charge < -0.3 is 8.83 Å². The minimum atomic E-state index is 0.284. The van der Waals surface area contributed by atoms with E-state index in [1.165, 1.54) is 5.56 Å². The molecule has 0 radical (unpaired) electrons. The molecule has 3 heterocycles. The van der Waals surface area contributed by atoms with Gasteiger partial charge in [0, 0.05) is 44.2 Å². The van der Waals surface area contributed by atoms with E-state index in [1.807, 2.05) is 12.1 Å². The summed E-state index contributed by atoms with van der Waals surface area (Å²) < 4.78 is 13.1. The van der Waals surface area contributed by atoms with Gasteiger partial charge in [0.1, 0.15) is 22.3 Å². The summed E-state index contributed by atoms with van der Waals surface area (Å²) in [6.45, 7) is 0. The Kier molecular flexibility index (Phi) is 7.29. The van der Waals surface area contributed by atoms with Gasteiger partial charge in [-0.15, -0.1) is 0 Å². The van der Waals surface area contributed by atoms with E-state index >= 15 is 0 Å². The van der Waals surface area contributed by atoms with Crippen LogP contribution in [0, 0.1) is 0 Å². The maximum atomic E-state index is 6.59. The highest BCUT2D eigenvalue weighted by molar-refractivity contribution is 6.20. The number of hydrogen-bond donors (Lipinski definition) is 0. The lowest BCUT2D eigenvalue weighted by atomic mass is 9.90. The number of rotatable bonds is 5. The molecule has 5 nitrogen and oxygen atoms in total. The van der Waals surface area contributed by atoms with Crippen LogP contribution < -0.4 is 0 Å². The van der Waals surface area contributed by atoms with Crippen LogP contribution in [0.4, 0.5) is 0 Å². The van der Waals surface area contributed by atoms with E-state index in [9.17, 15) is 0 Å². The van der Waals surface area contributed by atoms with Crippen molar-refractivity contribution in [1.29, 1.82) is 0 Å². The Morgan fingerprint density at radius 3 is 1.98 bits per heavy atom. The van der Waals surface area contributed by atoms with Gasteiger partial charge in [-0.3, -0.25) is 0 Å². The summed E-state index contributed by atoms with van der Waals surface area (Å²) in [6, 6.07) is 57.0. The van der Waals surface area contributed by atoms with Crippen molar-refractivity contribution in [3.63, 3.8) is 0 Å². The summed E-state index contributed by atoms with van der Waals surface area (Å²) in [5.74, 6) is 2.10. The highest BCUT2D eigenvalue weighted by Crippen LogP contribution is 2.46. The third kappa shape index (κ3) is 5.28. The molecule has 11 aromatic rings. The van der Waals surface area contributed by atoms with Crippen molar-refractivity contribution >= 4 is 71.0 Å². The summed E-state index contributed by atoms with van der Waals surface area (Å²) in [4.78, 5) is 16.0. The molecule has 0 amide bonds. The number of fused-ring (bicyclic) bond motifs is 8. The fraction of sp³-hybridized carbons (Fsp3) is 0.0377. The quantitative estimate of drug-likeness (QED) is 0.176. The van der Waals surface area contributed by atoms with Crippen LogP contribution in [0.3, 0.4) is 0 Å². The van der Waals surface area contributed by atoms with Gasteiger partial charge in [-0.1, -0.05) is 140 Å². The largest absolute Gasteiger partial charge is 0.456 e. The van der Waals surface area contributed by atoms with Gasteiger partial charge in [-0.2, -0.15) is 0 Å². The molecule has 0 saturated heterocycles. The molecule has 3 aromatic heterocycles. The second-order valence-electron chi connectivity index (χ2n) is 15.1. The Bertz CT molecular complexity index is 3500. The predicted molar refractivity (Wildman–Crippen MR) is 237 cm³/mol. The molecule has 1 unspecified atom stereocenters. The SMILES string of the molecule is C1=CC(c2ccccc2)CC=C1c1nc(-c2ccc3ccccc3c2)nc(-c2c(-c3cccc4oc5cc6ccccc6cc5c34)ccc3oc4ccccc4c23)n1. The van der Waals surface area contributed by atoms with Crippen LogP contribution >= 0.6 is 0 Å². The minimum Gasteiger partial charge on any atom is -0.456 e. The van der Waals surface area contributed by atoms with Crippen LogP contribution in [-0.2, 0) is 0 Å². The van der Waals surface area contributed by atoms with Gasteiger partial charge >= 0.3 is 0 Å². The first kappa shape index (κ1) is 32.6. The first-order valence-electron chi connectivity index (χ1n) is 19.7. The smallest absolute Gasteiger partial charge is 0.165 e. The highest BCUT2D eigenvalue weighted by atomic mass is 16.3. The molecule has 1 aliphatic carbocycles. The molecule has 0 fully saturated rings. The maximum absolute atomic E-state index is 6.59. The van der Waals surface area contributed by atoms with Crippen molar-refractivity contribution in [1.82, 2.24) is 15.0 Å². The third-order valence-electron chi connectivity index (χ3n) is 11.6. The molecule has 8 aromatic carbocycles. The summed E-state index contributed by atoms with van der Waals surface area (Å²) in [7, 11) is 0. The molecule has 0 N–H and O–H groups in total. The first-order valence-corrected chi connectivity index (χ1v) is 19.7. The number of para-hydroxylation sites is 1. The molecule has 0 aliphatic heterocycles. The third-order valence-corrected chi connectivity index (χ3v) is 11.6. The Balaban J connectivity index is 1.14. The minimum absolute atomic E-state index is 0.284. The standard InChI is InChI=1S/C53H33N3O2/c1-2-11-32(12-3-1)34-21-24-35(25-22-34)51-54-52(39-26-23-33-13-4-5-14-36(33)29-39)56-53(55-51)50-41(27-28-46-49(50)42-17-8-9-19-44(42)57-46)40-18-10-20-45-48(40)43-30-37-15-6-7-16-38(37)31-47(43)58-45/h1-21,23-31,34H,22H2. The number of hydrogen-bond acceptors (Lipinski definition) is 5. The molecule has 1 atom stereocenters. The van der Waals surface area contributed by atoms with E-state index in [0.717, 1.165) is 99.7 Å². The molecular weight excluding hydrogens is 711 g/mol. The average Bonchev–Trinajstić information content (AvgIpc) is 3.86. The zero-order valence-corrected chi connectivity index (χ0v) is 31.3. The molecule has 12 rings (SSSR count). The maximum Gasteiger partial charge on any atom is 0.165 e. The molecule has 5 heteroatoms. The number of benzene rings is 8. The topological polar surface area (TPSA) is 65.0 Å². The molecule has 1 aliphatic rings. The van der Waals surface area contributed by atoms with Gasteiger partial charge in [0.25, 0.3) is 0 Å². The summed E-state index contributed by atoms with van der Waals surface area (Å²) in [5, 5.41) is 8.66. The number of nitrogens with zero attached hydrogens (tertiary/aromatic N) is 3. The Morgan fingerprint density at radius 2 is 1.14 bits per heavy atom. The van der Waals surface area contributed by atoms with Crippen LogP contribution in [0.15, 0.2) is 191 Å². The van der Waals surface area contributed by atoms with Crippen LogP contribution in [-0.4, -0.2) is 15.0 Å². The van der Waals surface area contributed by atoms with Gasteiger partial charge in [-0.25, -0.2) is 15.0 Å². The van der Waals surface area contributed by atoms with Crippen LogP contribution in [0.25, 0.3) is 105 Å². The summed E-state index contributed by atoms with van der Waals surface area (Å²) in [6.07, 6.45) is 7.55. The Labute approximate surface area is 333 Å². The van der Waals surface area contributed by atoms with Crippen LogP contribution in [0.5, 0.6) is 0 Å². The zero-order valence-electron chi connectivity index (χ0n) is 31.3. The van der Waals surface area contributed by atoms with E-state index in [1.54, 1.807) is 0 Å². The Hall–Kier alpha value is -7.63. The first-order chi connectivity index (χ1) is 28.7. The highest BCUT2D eigenvalue weighted by Gasteiger charge is 2.25. The second kappa shape index (κ2) is 13.0. The molecule has 0 saturated carbocycles. The van der Waals surface area contributed by atoms with Crippen LogP contribution in [0.2, 0.25) is 0 Å². The lowest BCUT2D eigenvalue weighted by molar-refractivity contribution is 0.669. The molecular formula is C53H33N3O2. The fourth-order valence-electron chi connectivity index (χ4n) is 8.82. The van der Waals surface area contributed by atoms with E-state index < -0.39 is 0 Å². The van der Waals surface area contributed by atoms with E-state index in [0.29, 0.717) is 17.5 Å². The van der Waals surface area contributed by atoms with Crippen LogP contribution in [0.1, 0.15) is 23.7 Å². The Morgan fingerprint density at radius 1 is 0.448 bits per heavy atom. The predicted octanol–water partition coefficient (Wildman–Crippen LogP) is 14.1. The molecule has 58 heavy (non-hydrogen) atoms. The van der Waals surface area contributed by atoms with E-state index in [2.05, 4.69) is 170 Å². The van der Waals surface area contributed by atoms with Crippen molar-refractivity contribution in [3.05, 3.63) is 193 Å². The monoisotopic (exact) mass is 743 g/mol. The van der Waals surface area contributed by atoms with Gasteiger partial charge in [0.2, 0.25) is 0 Å². The zero-order chi connectivity index (χ0) is 38.2. The summed E-state index contributed by atoms with van der Waals surface area (Å²) in [5.41, 5.74) is 9.34. The van der Waals surface area contributed by atoms with Crippen molar-refractivity contribution < 1.29 is 8.83 Å². The normalized spacial score (nSPS) is 14.3. The summed E-state index contributed by atoms with van der Waals surface area (Å²) >= 11 is 0. The van der Waals surface area contributed by atoms with Crippen molar-refractivity contribution in [3.8, 4) is 33.9 Å². The molecule has 0 bridgehead atoms. The number of aromatic nitrogens is 3. The van der Waals surface area contributed by atoms with Gasteiger partial charge in [-0.05, 0) is 87.1 Å². The van der Waals surface area contributed by atoms with Gasteiger partial charge in [0.05, 0.1) is 0 Å². The van der Waals surface area contributed by atoms with Crippen molar-refractivity contribution in [2.75, 3.05) is 0 Å². The molecule has 0 spiro atoms. The van der Waals surface area contributed by atoms with E-state index in [-0.39, 0.29) is 5.92 Å². The lowest BCUT2D eigenvalue weighted by Gasteiger charge is -2.17. The van der Waals surface area contributed by atoms with E-state index in [4.69, 9.17) is 23.8 Å². The number of furan rings is 2. The average molecular weight is 744 g/mol. The van der Waals surface area contributed by atoms with Crippen molar-refractivity contribution in [2.45, 2.75) is 12.3 Å². The van der Waals surface area contributed by atoms with Gasteiger partial charge in [0.15, 0.2) is 17.5 Å².